The highest BCUT2D eigenvalue weighted by atomic mass is 32.2. The lowest BCUT2D eigenvalue weighted by atomic mass is 9.79. The highest BCUT2D eigenvalue weighted by Crippen LogP contribution is 2.65. The SMILES string of the molecule is Cc1cnc(NC(=O)C2C[C@H]3CC[C@@H](C2)C32SCCS2)s1. The molecule has 4 rings (SSSR count). The normalized spacial score (nSPS) is 33.5. The van der Waals surface area contributed by atoms with Gasteiger partial charge in [0.25, 0.3) is 0 Å². The number of carbonyl (C=O) groups excluding carboxylic acids is 1. The van der Waals surface area contributed by atoms with E-state index >= 15 is 0 Å². The predicted molar refractivity (Wildman–Crippen MR) is 92.1 cm³/mol. The van der Waals surface area contributed by atoms with E-state index in [1.165, 1.54) is 24.3 Å². The summed E-state index contributed by atoms with van der Waals surface area (Å²) in [4.78, 5) is 17.9. The monoisotopic (exact) mass is 340 g/mol. The second-order valence-electron chi connectivity index (χ2n) is 6.32. The molecule has 2 bridgehead atoms. The van der Waals surface area contributed by atoms with Gasteiger partial charge in [-0.1, -0.05) is 0 Å². The minimum atomic E-state index is 0.194. The number of aromatic nitrogens is 1. The molecule has 3 atom stereocenters. The summed E-state index contributed by atoms with van der Waals surface area (Å²) in [5, 5.41) is 3.79. The van der Waals surface area contributed by atoms with Crippen molar-refractivity contribution in [2.45, 2.75) is 36.7 Å². The van der Waals surface area contributed by atoms with E-state index in [1.54, 1.807) is 11.3 Å². The summed E-state index contributed by atoms with van der Waals surface area (Å²) in [7, 11) is 0. The standard InChI is InChI=1S/C15H20N2OS3/c1-9-8-16-14(21-9)17-13(18)10-6-11-2-3-12(7-10)15(11)19-4-5-20-15/h8,10-12H,2-7H2,1H3,(H,16,17,18)/t10?,11-,12+. The number of hydrogen-bond acceptors (Lipinski definition) is 5. The smallest absolute Gasteiger partial charge is 0.229 e. The highest BCUT2D eigenvalue weighted by molar-refractivity contribution is 8.21. The zero-order valence-corrected chi connectivity index (χ0v) is 14.6. The van der Waals surface area contributed by atoms with Crippen LogP contribution in [0.2, 0.25) is 0 Å². The van der Waals surface area contributed by atoms with E-state index in [0.29, 0.717) is 4.08 Å². The van der Waals surface area contributed by atoms with Gasteiger partial charge in [0.15, 0.2) is 5.13 Å². The molecule has 1 aromatic rings. The van der Waals surface area contributed by atoms with E-state index in [2.05, 4.69) is 33.8 Å². The van der Waals surface area contributed by atoms with Gasteiger partial charge in [0.05, 0.1) is 4.08 Å². The van der Waals surface area contributed by atoms with Crippen LogP contribution in [0.25, 0.3) is 0 Å². The van der Waals surface area contributed by atoms with E-state index in [0.717, 1.165) is 34.7 Å². The lowest BCUT2D eigenvalue weighted by Gasteiger charge is -2.42. The van der Waals surface area contributed by atoms with E-state index in [1.807, 2.05) is 13.1 Å². The van der Waals surface area contributed by atoms with Crippen LogP contribution in [0.5, 0.6) is 0 Å². The highest BCUT2D eigenvalue weighted by Gasteiger charge is 2.57. The lowest BCUT2D eigenvalue weighted by molar-refractivity contribution is -0.121. The number of rotatable bonds is 2. The molecule has 2 heterocycles. The van der Waals surface area contributed by atoms with Crippen molar-refractivity contribution in [3.05, 3.63) is 11.1 Å². The van der Waals surface area contributed by atoms with Crippen LogP contribution in [0.15, 0.2) is 6.20 Å². The molecule has 21 heavy (non-hydrogen) atoms. The third kappa shape index (κ3) is 2.43. The summed E-state index contributed by atoms with van der Waals surface area (Å²) in [5.74, 6) is 4.47. The van der Waals surface area contributed by atoms with Crippen LogP contribution in [0.1, 0.15) is 30.6 Å². The zero-order chi connectivity index (χ0) is 14.4. The van der Waals surface area contributed by atoms with Crippen molar-refractivity contribution >= 4 is 45.9 Å². The Kier molecular flexibility index (Phi) is 3.74. The number of thioether (sulfide) groups is 2. The Balaban J connectivity index is 1.45. The van der Waals surface area contributed by atoms with Gasteiger partial charge in [0.2, 0.25) is 5.91 Å². The van der Waals surface area contributed by atoms with E-state index in [-0.39, 0.29) is 11.8 Å². The van der Waals surface area contributed by atoms with Crippen molar-refractivity contribution in [2.75, 3.05) is 16.8 Å². The van der Waals surface area contributed by atoms with Crippen LogP contribution in [-0.4, -0.2) is 26.5 Å². The Morgan fingerprint density at radius 1 is 1.29 bits per heavy atom. The van der Waals surface area contributed by atoms with Crippen molar-refractivity contribution in [3.63, 3.8) is 0 Å². The summed E-state index contributed by atoms with van der Waals surface area (Å²) in [6.45, 7) is 2.02. The summed E-state index contributed by atoms with van der Waals surface area (Å²) < 4.78 is 0.467. The molecule has 0 aromatic carbocycles. The van der Waals surface area contributed by atoms with Gasteiger partial charge >= 0.3 is 0 Å². The fourth-order valence-electron chi connectivity index (χ4n) is 4.23. The number of thiazole rings is 1. The number of amides is 1. The Hall–Kier alpha value is -0.200. The average Bonchev–Trinajstić information content (AvgIpc) is 3.13. The van der Waals surface area contributed by atoms with Crippen molar-refractivity contribution in [1.29, 1.82) is 0 Å². The van der Waals surface area contributed by atoms with Crippen LogP contribution in [0.4, 0.5) is 5.13 Å². The van der Waals surface area contributed by atoms with Crippen LogP contribution >= 0.6 is 34.9 Å². The molecule has 2 saturated carbocycles. The van der Waals surface area contributed by atoms with Crippen LogP contribution in [0.3, 0.4) is 0 Å². The van der Waals surface area contributed by atoms with Gasteiger partial charge in [0.1, 0.15) is 0 Å². The fourth-order valence-corrected chi connectivity index (χ4v) is 8.84. The van der Waals surface area contributed by atoms with E-state index in [9.17, 15) is 4.79 Å². The first-order chi connectivity index (χ1) is 10.2. The van der Waals surface area contributed by atoms with Gasteiger partial charge in [-0.3, -0.25) is 4.79 Å². The molecule has 1 unspecified atom stereocenters. The average molecular weight is 341 g/mol. The first-order valence-corrected chi connectivity index (χ1v) is 10.5. The number of nitrogens with one attached hydrogen (secondary N) is 1. The van der Waals surface area contributed by atoms with Crippen molar-refractivity contribution in [2.24, 2.45) is 17.8 Å². The predicted octanol–water partition coefficient (Wildman–Crippen LogP) is 4.00. The Morgan fingerprint density at radius 3 is 2.52 bits per heavy atom. The summed E-state index contributed by atoms with van der Waals surface area (Å²) >= 11 is 5.94. The van der Waals surface area contributed by atoms with Gasteiger partial charge in [0, 0.05) is 28.5 Å². The summed E-state index contributed by atoms with van der Waals surface area (Å²) in [5.41, 5.74) is 0. The van der Waals surface area contributed by atoms with Crippen LogP contribution in [-0.2, 0) is 4.79 Å². The van der Waals surface area contributed by atoms with Gasteiger partial charge in [-0.05, 0) is 44.4 Å². The Bertz CT molecular complexity index is 537. The van der Waals surface area contributed by atoms with Crippen LogP contribution < -0.4 is 5.32 Å². The molecule has 1 aliphatic heterocycles. The molecule has 0 radical (unpaired) electrons. The Labute approximate surface area is 138 Å². The lowest BCUT2D eigenvalue weighted by Crippen LogP contribution is -2.41. The second-order valence-corrected chi connectivity index (χ2v) is 10.6. The third-order valence-electron chi connectivity index (χ3n) is 5.10. The zero-order valence-electron chi connectivity index (χ0n) is 12.1. The maximum absolute atomic E-state index is 12.5. The first-order valence-electron chi connectivity index (χ1n) is 7.68. The number of aryl methyl sites for hydroxylation is 1. The molecule has 1 saturated heterocycles. The van der Waals surface area contributed by atoms with Gasteiger partial charge < -0.3 is 5.32 Å². The molecular formula is C15H20N2OS3. The molecular weight excluding hydrogens is 320 g/mol. The maximum Gasteiger partial charge on any atom is 0.229 e. The largest absolute Gasteiger partial charge is 0.302 e. The van der Waals surface area contributed by atoms with Gasteiger partial charge in [-0.2, -0.15) is 0 Å². The van der Waals surface area contributed by atoms with E-state index < -0.39 is 0 Å². The number of hydrogen-bond donors (Lipinski definition) is 1. The minimum Gasteiger partial charge on any atom is -0.302 e. The molecule has 3 fully saturated rings. The molecule has 114 valence electrons. The topological polar surface area (TPSA) is 42.0 Å². The first kappa shape index (κ1) is 14.4. The number of carbonyl (C=O) groups is 1. The quantitative estimate of drug-likeness (QED) is 0.883. The number of anilines is 1. The van der Waals surface area contributed by atoms with Gasteiger partial charge in [-0.15, -0.1) is 34.9 Å². The van der Waals surface area contributed by atoms with Crippen molar-refractivity contribution < 1.29 is 4.79 Å². The van der Waals surface area contributed by atoms with Crippen molar-refractivity contribution in [3.8, 4) is 0 Å². The molecule has 1 spiro atoms. The van der Waals surface area contributed by atoms with Gasteiger partial charge in [-0.25, -0.2) is 4.98 Å². The molecule has 2 aliphatic carbocycles. The summed E-state index contributed by atoms with van der Waals surface area (Å²) in [6, 6.07) is 0. The second kappa shape index (κ2) is 5.46. The molecule has 1 amide bonds. The molecule has 3 nitrogen and oxygen atoms in total. The fraction of sp³-hybridized carbons (Fsp3) is 0.733. The Morgan fingerprint density at radius 2 is 1.95 bits per heavy atom. The van der Waals surface area contributed by atoms with E-state index in [4.69, 9.17) is 0 Å². The molecule has 1 N–H and O–H groups in total. The molecule has 6 heteroatoms. The minimum absolute atomic E-state index is 0.194. The third-order valence-corrected chi connectivity index (χ3v) is 9.95. The summed E-state index contributed by atoms with van der Waals surface area (Å²) in [6.07, 6.45) is 6.63. The number of nitrogens with zero attached hydrogens (tertiary/aromatic N) is 1. The van der Waals surface area contributed by atoms with Crippen LogP contribution in [0, 0.1) is 24.7 Å². The molecule has 1 aromatic heterocycles. The maximum atomic E-state index is 12.5. The molecule has 3 aliphatic rings. The van der Waals surface area contributed by atoms with Crippen molar-refractivity contribution in [1.82, 2.24) is 4.98 Å².